The molecule has 306 valence electrons. The molecule has 0 bridgehead atoms. The van der Waals surface area contributed by atoms with Crippen LogP contribution in [0.4, 0.5) is 17.1 Å². The van der Waals surface area contributed by atoms with E-state index in [4.69, 9.17) is 4.42 Å². The van der Waals surface area contributed by atoms with E-state index >= 15 is 0 Å². The van der Waals surface area contributed by atoms with Gasteiger partial charge in [-0.3, -0.25) is 0 Å². The predicted molar refractivity (Wildman–Crippen MR) is 271 cm³/mol. The monoisotopic (exact) mass is 830 g/mol. The summed E-state index contributed by atoms with van der Waals surface area (Å²) in [4.78, 5) is 2.42. The first-order chi connectivity index (χ1) is 32.1. The van der Waals surface area contributed by atoms with Crippen molar-refractivity contribution in [2.45, 2.75) is 12.3 Å². The molecule has 12 aromatic rings. The van der Waals surface area contributed by atoms with E-state index in [1.165, 1.54) is 66.3 Å². The zero-order valence-corrected chi connectivity index (χ0v) is 35.8. The molecule has 0 atom stereocenters. The lowest BCUT2D eigenvalue weighted by molar-refractivity contribution is 0.668. The van der Waals surface area contributed by atoms with Gasteiger partial charge < -0.3 is 13.9 Å². The number of nitrogens with zero attached hydrogens (tertiary/aromatic N) is 2. The lowest BCUT2D eigenvalue weighted by Gasteiger charge is -2.35. The van der Waals surface area contributed by atoms with Crippen molar-refractivity contribution in [3.63, 3.8) is 0 Å². The Labute approximate surface area is 377 Å². The Balaban J connectivity index is 0.985. The molecule has 3 heteroatoms. The molecule has 0 fully saturated rings. The van der Waals surface area contributed by atoms with Crippen LogP contribution in [-0.2, 0) is 5.41 Å². The quantitative estimate of drug-likeness (QED) is 0.160. The first kappa shape index (κ1) is 37.2. The van der Waals surface area contributed by atoms with Crippen molar-refractivity contribution in [2.24, 2.45) is 0 Å². The zero-order chi connectivity index (χ0) is 43.1. The fourth-order valence-electron chi connectivity index (χ4n) is 10.8. The van der Waals surface area contributed by atoms with E-state index in [2.05, 4.69) is 247 Å². The van der Waals surface area contributed by atoms with Gasteiger partial charge in [0.15, 0.2) is 5.58 Å². The van der Waals surface area contributed by atoms with Crippen LogP contribution in [0.1, 0.15) is 23.6 Å². The maximum absolute atomic E-state index is 6.80. The van der Waals surface area contributed by atoms with E-state index < -0.39 is 5.41 Å². The van der Waals surface area contributed by atoms with E-state index in [1.54, 1.807) is 0 Å². The lowest BCUT2D eigenvalue weighted by Crippen LogP contribution is -2.25. The van der Waals surface area contributed by atoms with Gasteiger partial charge in [-0.05, 0) is 118 Å². The Kier molecular flexibility index (Phi) is 8.34. The standard InChI is InChI=1S/C62H42N2O/c1-62(53-25-11-8-21-47(53)48-22-9-12-26-54(48)62)55-27-13-14-28-57(55)64(58-29-16-24-51-50-23-10-15-30-60(50)65-61(51)58)46-35-31-42(32-36-46)43-34-38-56-52(39-43)49-37-33-44(41-17-4-2-5-18-41)40-59(49)63(56)45-19-6-3-7-20-45/h2-40H,1H3. The second-order valence-corrected chi connectivity index (χ2v) is 17.4. The van der Waals surface area contributed by atoms with Crippen molar-refractivity contribution in [3.8, 4) is 39.1 Å². The molecule has 1 aliphatic rings. The van der Waals surface area contributed by atoms with E-state index in [0.717, 1.165) is 50.3 Å². The van der Waals surface area contributed by atoms with E-state index in [9.17, 15) is 0 Å². The molecule has 13 rings (SSSR count). The van der Waals surface area contributed by atoms with Crippen molar-refractivity contribution in [2.75, 3.05) is 4.90 Å². The second-order valence-electron chi connectivity index (χ2n) is 17.4. The van der Waals surface area contributed by atoms with Gasteiger partial charge in [0.25, 0.3) is 0 Å². The molecule has 0 N–H and O–H groups in total. The Morgan fingerprint density at radius 2 is 0.954 bits per heavy atom. The summed E-state index contributed by atoms with van der Waals surface area (Å²) >= 11 is 0. The highest BCUT2D eigenvalue weighted by molar-refractivity contribution is 6.12. The van der Waals surface area contributed by atoms with Crippen molar-refractivity contribution in [1.29, 1.82) is 0 Å². The molecule has 0 spiro atoms. The molecule has 0 saturated carbocycles. The van der Waals surface area contributed by atoms with Gasteiger partial charge in [0.2, 0.25) is 0 Å². The summed E-state index contributed by atoms with van der Waals surface area (Å²) in [6.07, 6.45) is 0. The van der Waals surface area contributed by atoms with Crippen molar-refractivity contribution in [3.05, 3.63) is 253 Å². The average molecular weight is 831 g/mol. The maximum Gasteiger partial charge on any atom is 0.159 e. The Hall–Kier alpha value is -8.40. The van der Waals surface area contributed by atoms with Crippen molar-refractivity contribution < 1.29 is 4.42 Å². The van der Waals surface area contributed by atoms with Crippen LogP contribution in [-0.4, -0.2) is 4.57 Å². The first-order valence-corrected chi connectivity index (χ1v) is 22.4. The third kappa shape index (κ3) is 5.69. The first-order valence-electron chi connectivity index (χ1n) is 22.4. The van der Waals surface area contributed by atoms with Crippen molar-refractivity contribution >= 4 is 60.8 Å². The van der Waals surface area contributed by atoms with Crippen LogP contribution >= 0.6 is 0 Å². The minimum atomic E-state index is -0.417. The zero-order valence-electron chi connectivity index (χ0n) is 35.8. The van der Waals surface area contributed by atoms with Gasteiger partial charge in [-0.2, -0.15) is 0 Å². The van der Waals surface area contributed by atoms with E-state index in [0.29, 0.717) is 0 Å². The fourth-order valence-corrected chi connectivity index (χ4v) is 10.8. The SMILES string of the molecule is CC1(c2ccccc2N(c2ccc(-c3ccc4c(c3)c3ccc(-c5ccccc5)cc3n4-c3ccccc3)cc2)c2cccc3c2oc2ccccc23)c2ccccc2-c2ccccc21. The van der Waals surface area contributed by atoms with E-state index in [-0.39, 0.29) is 0 Å². The summed E-state index contributed by atoms with van der Waals surface area (Å²) in [5, 5.41) is 4.66. The molecule has 0 aliphatic heterocycles. The third-order valence-electron chi connectivity index (χ3n) is 13.9. The molecule has 10 aromatic carbocycles. The van der Waals surface area contributed by atoms with Gasteiger partial charge in [-0.25, -0.2) is 0 Å². The normalized spacial score (nSPS) is 12.8. The van der Waals surface area contributed by atoms with Gasteiger partial charge in [0, 0.05) is 38.3 Å². The molecule has 65 heavy (non-hydrogen) atoms. The van der Waals surface area contributed by atoms with Gasteiger partial charge >= 0.3 is 0 Å². The smallest absolute Gasteiger partial charge is 0.159 e. The van der Waals surface area contributed by atoms with Crippen LogP contribution in [0.15, 0.2) is 241 Å². The molecule has 0 amide bonds. The molecule has 2 aromatic heterocycles. The van der Waals surface area contributed by atoms with Crippen LogP contribution in [0.5, 0.6) is 0 Å². The minimum absolute atomic E-state index is 0.417. The largest absolute Gasteiger partial charge is 0.454 e. The van der Waals surface area contributed by atoms with E-state index in [1.807, 2.05) is 6.07 Å². The Bertz CT molecular complexity index is 3740. The number of hydrogen-bond acceptors (Lipinski definition) is 2. The molecule has 2 heterocycles. The number of para-hydroxylation sites is 4. The molecule has 0 saturated heterocycles. The maximum atomic E-state index is 6.80. The number of aromatic nitrogens is 1. The van der Waals surface area contributed by atoms with Gasteiger partial charge in [0.1, 0.15) is 5.58 Å². The van der Waals surface area contributed by atoms with Crippen LogP contribution < -0.4 is 4.90 Å². The summed E-state index contributed by atoms with van der Waals surface area (Å²) in [5.74, 6) is 0. The summed E-state index contributed by atoms with van der Waals surface area (Å²) in [5.41, 5.74) is 19.1. The second kappa shape index (κ2) is 14.6. The lowest BCUT2D eigenvalue weighted by atomic mass is 9.73. The highest BCUT2D eigenvalue weighted by Gasteiger charge is 2.42. The molecule has 0 unspecified atom stereocenters. The van der Waals surface area contributed by atoms with Crippen LogP contribution in [0, 0.1) is 0 Å². The van der Waals surface area contributed by atoms with Crippen LogP contribution in [0.25, 0.3) is 82.8 Å². The van der Waals surface area contributed by atoms with Crippen LogP contribution in [0.3, 0.4) is 0 Å². The van der Waals surface area contributed by atoms with Gasteiger partial charge in [-0.1, -0.05) is 176 Å². The molecular formula is C62H42N2O. The number of furan rings is 1. The van der Waals surface area contributed by atoms with Gasteiger partial charge in [-0.15, -0.1) is 0 Å². The molecule has 3 nitrogen and oxygen atoms in total. The summed E-state index contributed by atoms with van der Waals surface area (Å²) in [6, 6.07) is 85.9. The Morgan fingerprint density at radius 1 is 0.385 bits per heavy atom. The highest BCUT2D eigenvalue weighted by Crippen LogP contribution is 2.56. The minimum Gasteiger partial charge on any atom is -0.454 e. The number of rotatable bonds is 7. The topological polar surface area (TPSA) is 21.3 Å². The average Bonchev–Trinajstić information content (AvgIpc) is 4.01. The summed E-state index contributed by atoms with van der Waals surface area (Å²) in [6.45, 7) is 2.40. The Morgan fingerprint density at radius 3 is 1.72 bits per heavy atom. The summed E-state index contributed by atoms with van der Waals surface area (Å²) in [7, 11) is 0. The molecule has 1 aliphatic carbocycles. The molecule has 0 radical (unpaired) electrons. The van der Waals surface area contributed by atoms with Crippen LogP contribution in [0.2, 0.25) is 0 Å². The number of hydrogen-bond donors (Lipinski definition) is 0. The number of anilines is 3. The van der Waals surface area contributed by atoms with Gasteiger partial charge in [0.05, 0.1) is 22.4 Å². The predicted octanol–water partition coefficient (Wildman–Crippen LogP) is 16.8. The highest BCUT2D eigenvalue weighted by atomic mass is 16.3. The van der Waals surface area contributed by atoms with Crippen molar-refractivity contribution in [1.82, 2.24) is 4.57 Å². The number of fused-ring (bicyclic) bond motifs is 9. The third-order valence-corrected chi connectivity index (χ3v) is 13.9. The summed E-state index contributed by atoms with van der Waals surface area (Å²) < 4.78 is 9.20. The number of benzene rings is 10. The fraction of sp³-hybridized carbons (Fsp3) is 0.0323. The molecular weight excluding hydrogens is 789 g/mol.